The average Bonchev–Trinajstić information content (AvgIpc) is 3.12. The van der Waals surface area contributed by atoms with Gasteiger partial charge in [-0.15, -0.1) is 0 Å². The fourth-order valence-corrected chi connectivity index (χ4v) is 4.44. The van der Waals surface area contributed by atoms with Crippen LogP contribution in [0.2, 0.25) is 0 Å². The number of H-pyrrole nitrogens is 1. The minimum Gasteiger partial charge on any atom is -0.480 e. The lowest BCUT2D eigenvalue weighted by Crippen LogP contribution is -2.41. The summed E-state index contributed by atoms with van der Waals surface area (Å²) in [6.07, 6.45) is 4.10. The molecular formula is C20H24IN5O. The van der Waals surface area contributed by atoms with Crippen LogP contribution < -0.4 is 15.0 Å². The number of fused-ring (bicyclic) bond motifs is 1. The number of hydrogen-bond acceptors (Lipinski definition) is 5. The van der Waals surface area contributed by atoms with Crippen LogP contribution >= 0.6 is 22.6 Å². The van der Waals surface area contributed by atoms with Crippen molar-refractivity contribution in [1.29, 1.82) is 0 Å². The number of methoxy groups -OCH3 is 1. The standard InChI is InChI=1S/C20H24IN5O/c1-12-10-14(26-8-5-13(22-2)6-9-26)11-16-18(12)25-19(24-16)17-15(21)4-7-23-20(17)27-3/h4,7,10-11,13,22H,5-6,8-9H2,1-3H3,(H,24,25). The zero-order valence-electron chi connectivity index (χ0n) is 15.8. The number of nitrogens with zero attached hydrogens (tertiary/aromatic N) is 3. The quantitative estimate of drug-likeness (QED) is 0.561. The van der Waals surface area contributed by atoms with Crippen molar-refractivity contribution < 1.29 is 4.74 Å². The van der Waals surface area contributed by atoms with Crippen molar-refractivity contribution in [3.63, 3.8) is 0 Å². The van der Waals surface area contributed by atoms with Crippen LogP contribution in [0.15, 0.2) is 24.4 Å². The molecule has 6 nitrogen and oxygen atoms in total. The lowest BCUT2D eigenvalue weighted by atomic mass is 10.0. The molecule has 0 saturated carbocycles. The first kappa shape index (κ1) is 18.5. The van der Waals surface area contributed by atoms with E-state index in [1.165, 1.54) is 24.1 Å². The molecule has 1 aromatic carbocycles. The predicted molar refractivity (Wildman–Crippen MR) is 118 cm³/mol. The monoisotopic (exact) mass is 477 g/mol. The molecule has 1 fully saturated rings. The Hall–Kier alpha value is -1.87. The fraction of sp³-hybridized carbons (Fsp3) is 0.400. The third-order valence-corrected chi connectivity index (χ3v) is 6.22. The van der Waals surface area contributed by atoms with E-state index in [-0.39, 0.29) is 0 Å². The second kappa shape index (κ2) is 7.63. The van der Waals surface area contributed by atoms with E-state index in [1.807, 2.05) is 6.07 Å². The van der Waals surface area contributed by atoms with Crippen LogP contribution in [0.5, 0.6) is 5.88 Å². The van der Waals surface area contributed by atoms with Gasteiger partial charge in [0.1, 0.15) is 5.82 Å². The molecular weight excluding hydrogens is 453 g/mol. The molecule has 0 amide bonds. The number of anilines is 1. The predicted octanol–water partition coefficient (Wildman–Crippen LogP) is 3.73. The fourth-order valence-electron chi connectivity index (χ4n) is 3.79. The molecule has 27 heavy (non-hydrogen) atoms. The molecule has 0 bridgehead atoms. The molecule has 7 heteroatoms. The highest BCUT2D eigenvalue weighted by Crippen LogP contribution is 2.34. The Morgan fingerprint density at radius 1 is 1.30 bits per heavy atom. The van der Waals surface area contributed by atoms with Crippen LogP contribution in [0.3, 0.4) is 0 Å². The molecule has 2 N–H and O–H groups in total. The number of aromatic amines is 1. The van der Waals surface area contributed by atoms with Crippen LogP contribution in [0.25, 0.3) is 22.4 Å². The number of aryl methyl sites for hydroxylation is 1. The average molecular weight is 477 g/mol. The van der Waals surface area contributed by atoms with Crippen LogP contribution in [0.4, 0.5) is 5.69 Å². The minimum atomic E-state index is 0.591. The van der Waals surface area contributed by atoms with E-state index < -0.39 is 0 Å². The molecule has 1 aliphatic rings. The van der Waals surface area contributed by atoms with Crippen molar-refractivity contribution in [2.75, 3.05) is 32.1 Å². The van der Waals surface area contributed by atoms with Crippen molar-refractivity contribution in [2.45, 2.75) is 25.8 Å². The van der Waals surface area contributed by atoms with Gasteiger partial charge in [0.2, 0.25) is 5.88 Å². The van der Waals surface area contributed by atoms with Crippen LogP contribution in [0.1, 0.15) is 18.4 Å². The maximum Gasteiger partial charge on any atom is 0.225 e. The third kappa shape index (κ3) is 3.50. The van der Waals surface area contributed by atoms with Gasteiger partial charge in [-0.3, -0.25) is 0 Å². The summed E-state index contributed by atoms with van der Waals surface area (Å²) in [5.74, 6) is 1.39. The maximum atomic E-state index is 5.46. The van der Waals surface area contributed by atoms with Crippen LogP contribution in [0, 0.1) is 10.5 Å². The van der Waals surface area contributed by atoms with Crippen molar-refractivity contribution in [2.24, 2.45) is 0 Å². The first-order valence-electron chi connectivity index (χ1n) is 9.22. The second-order valence-corrected chi connectivity index (χ2v) is 8.13. The van der Waals surface area contributed by atoms with Gasteiger partial charge in [-0.1, -0.05) is 0 Å². The SMILES string of the molecule is CNC1CCN(c2cc(C)c3nc(-c4c(I)ccnc4OC)[nH]c3c2)CC1. The molecule has 1 aliphatic heterocycles. The van der Waals surface area contributed by atoms with Gasteiger partial charge in [0.05, 0.1) is 23.7 Å². The molecule has 3 heterocycles. The van der Waals surface area contributed by atoms with Crippen molar-refractivity contribution in [3.8, 4) is 17.3 Å². The zero-order valence-corrected chi connectivity index (χ0v) is 18.0. The molecule has 142 valence electrons. The maximum absolute atomic E-state index is 5.46. The number of piperidine rings is 1. The number of rotatable bonds is 4. The van der Waals surface area contributed by atoms with Gasteiger partial charge in [0.15, 0.2) is 0 Å². The largest absolute Gasteiger partial charge is 0.480 e. The Morgan fingerprint density at radius 3 is 2.78 bits per heavy atom. The molecule has 0 atom stereocenters. The van der Waals surface area contributed by atoms with E-state index in [0.717, 1.165) is 39.1 Å². The summed E-state index contributed by atoms with van der Waals surface area (Å²) in [6, 6.07) is 7.06. The Morgan fingerprint density at radius 2 is 2.07 bits per heavy atom. The minimum absolute atomic E-state index is 0.591. The topological polar surface area (TPSA) is 66.1 Å². The Kier molecular flexibility index (Phi) is 5.23. The van der Waals surface area contributed by atoms with E-state index in [1.54, 1.807) is 13.3 Å². The van der Waals surface area contributed by atoms with Gasteiger partial charge in [0, 0.05) is 34.6 Å². The van der Waals surface area contributed by atoms with Crippen molar-refractivity contribution >= 4 is 39.3 Å². The number of aromatic nitrogens is 3. The molecule has 1 saturated heterocycles. The van der Waals surface area contributed by atoms with E-state index >= 15 is 0 Å². The van der Waals surface area contributed by atoms with Gasteiger partial charge in [-0.05, 0) is 73.2 Å². The Balaban J connectivity index is 1.73. The lowest BCUT2D eigenvalue weighted by Gasteiger charge is -2.33. The summed E-state index contributed by atoms with van der Waals surface area (Å²) in [7, 11) is 3.69. The number of nitrogens with one attached hydrogen (secondary N) is 2. The van der Waals surface area contributed by atoms with Crippen molar-refractivity contribution in [1.82, 2.24) is 20.3 Å². The van der Waals surface area contributed by atoms with Crippen LogP contribution in [-0.2, 0) is 0 Å². The Labute approximate surface area is 172 Å². The highest BCUT2D eigenvalue weighted by Gasteiger charge is 2.20. The normalized spacial score (nSPS) is 15.5. The highest BCUT2D eigenvalue weighted by atomic mass is 127. The van der Waals surface area contributed by atoms with Gasteiger partial charge in [0.25, 0.3) is 0 Å². The second-order valence-electron chi connectivity index (χ2n) is 6.97. The molecule has 0 aliphatic carbocycles. The van der Waals surface area contributed by atoms with Gasteiger partial charge in [-0.25, -0.2) is 9.97 Å². The summed E-state index contributed by atoms with van der Waals surface area (Å²) in [4.78, 5) is 15.1. The summed E-state index contributed by atoms with van der Waals surface area (Å²) in [6.45, 7) is 4.28. The molecule has 0 spiro atoms. The van der Waals surface area contributed by atoms with Crippen LogP contribution in [-0.4, -0.2) is 48.2 Å². The summed E-state index contributed by atoms with van der Waals surface area (Å²) in [5, 5.41) is 3.39. The number of ether oxygens (including phenoxy) is 1. The number of halogens is 1. The van der Waals surface area contributed by atoms with E-state index in [9.17, 15) is 0 Å². The summed E-state index contributed by atoms with van der Waals surface area (Å²) >= 11 is 2.30. The van der Waals surface area contributed by atoms with Gasteiger partial charge in [-0.2, -0.15) is 0 Å². The number of benzene rings is 1. The smallest absolute Gasteiger partial charge is 0.225 e. The first-order valence-corrected chi connectivity index (χ1v) is 10.3. The highest BCUT2D eigenvalue weighted by molar-refractivity contribution is 14.1. The van der Waals surface area contributed by atoms with E-state index in [4.69, 9.17) is 9.72 Å². The third-order valence-electron chi connectivity index (χ3n) is 5.33. The van der Waals surface area contributed by atoms with Crippen molar-refractivity contribution in [3.05, 3.63) is 33.5 Å². The zero-order chi connectivity index (χ0) is 19.0. The van der Waals surface area contributed by atoms with E-state index in [2.05, 4.69) is 68.9 Å². The molecule has 0 unspecified atom stereocenters. The molecule has 0 radical (unpaired) electrons. The number of imidazole rings is 1. The van der Waals surface area contributed by atoms with Gasteiger partial charge >= 0.3 is 0 Å². The van der Waals surface area contributed by atoms with E-state index in [0.29, 0.717) is 11.9 Å². The number of hydrogen-bond donors (Lipinski definition) is 2. The summed E-state index contributed by atoms with van der Waals surface area (Å²) in [5.41, 5.74) is 5.40. The van der Waals surface area contributed by atoms with Gasteiger partial charge < -0.3 is 19.9 Å². The molecule has 4 rings (SSSR count). The molecule has 2 aromatic heterocycles. The molecule has 3 aromatic rings. The first-order chi connectivity index (χ1) is 13.1. The number of pyridine rings is 1. The lowest BCUT2D eigenvalue weighted by molar-refractivity contribution is 0.399. The summed E-state index contributed by atoms with van der Waals surface area (Å²) < 4.78 is 6.52. The Bertz CT molecular complexity index is 962.